The lowest BCUT2D eigenvalue weighted by atomic mass is 9.86. The highest BCUT2D eigenvalue weighted by atomic mass is 16.5. The Hall–Kier alpha value is -1.44. The lowest BCUT2D eigenvalue weighted by Gasteiger charge is -2.19. The molecule has 1 aromatic carbocycles. The summed E-state index contributed by atoms with van der Waals surface area (Å²) in [5.74, 6) is 1.75. The molecule has 0 amide bonds. The Bertz CT molecular complexity index is 557. The predicted molar refractivity (Wildman–Crippen MR) is 84.3 cm³/mol. The SMILES string of the molecule is CC1=C(CNc2cccc3c2C(C)CC3(C)C)CCO1. The Balaban J connectivity index is 1.85. The fraction of sp³-hybridized carbons (Fsp3) is 0.556. The van der Waals surface area contributed by atoms with Crippen molar-refractivity contribution in [3.8, 4) is 0 Å². The summed E-state index contributed by atoms with van der Waals surface area (Å²) in [5.41, 5.74) is 6.07. The number of nitrogens with one attached hydrogen (secondary N) is 1. The number of allylic oxidation sites excluding steroid dienone is 1. The zero-order valence-electron chi connectivity index (χ0n) is 13.0. The molecule has 0 radical (unpaired) electrons. The van der Waals surface area contributed by atoms with Gasteiger partial charge >= 0.3 is 0 Å². The Morgan fingerprint density at radius 3 is 2.85 bits per heavy atom. The first-order chi connectivity index (χ1) is 9.49. The van der Waals surface area contributed by atoms with Crippen molar-refractivity contribution in [1.82, 2.24) is 0 Å². The minimum atomic E-state index is 0.304. The molecule has 2 heteroatoms. The summed E-state index contributed by atoms with van der Waals surface area (Å²) in [6.07, 6.45) is 2.31. The first-order valence-electron chi connectivity index (χ1n) is 7.68. The third-order valence-electron chi connectivity index (χ3n) is 4.86. The number of rotatable bonds is 3. The fourth-order valence-electron chi connectivity index (χ4n) is 3.84. The van der Waals surface area contributed by atoms with Gasteiger partial charge in [0.2, 0.25) is 0 Å². The molecule has 0 aromatic heterocycles. The molecule has 1 aromatic rings. The zero-order valence-corrected chi connectivity index (χ0v) is 13.0. The van der Waals surface area contributed by atoms with E-state index in [1.54, 1.807) is 0 Å². The maximum Gasteiger partial charge on any atom is 0.0939 e. The average Bonchev–Trinajstić information content (AvgIpc) is 2.90. The summed E-state index contributed by atoms with van der Waals surface area (Å²) in [5, 5.41) is 3.65. The first kappa shape index (κ1) is 13.5. The molecule has 3 rings (SSSR count). The van der Waals surface area contributed by atoms with Crippen molar-refractivity contribution >= 4 is 5.69 Å². The predicted octanol–water partition coefficient (Wildman–Crippen LogP) is 4.58. The first-order valence-corrected chi connectivity index (χ1v) is 7.68. The summed E-state index contributed by atoms with van der Waals surface area (Å²) < 4.78 is 5.54. The Kier molecular flexibility index (Phi) is 3.27. The highest BCUT2D eigenvalue weighted by molar-refractivity contribution is 5.61. The van der Waals surface area contributed by atoms with Gasteiger partial charge in [0.1, 0.15) is 0 Å². The zero-order chi connectivity index (χ0) is 14.3. The molecule has 1 heterocycles. The van der Waals surface area contributed by atoms with Crippen molar-refractivity contribution in [3.63, 3.8) is 0 Å². The molecule has 108 valence electrons. The van der Waals surface area contributed by atoms with E-state index in [0.29, 0.717) is 11.3 Å². The molecule has 1 aliphatic carbocycles. The minimum Gasteiger partial charge on any atom is -0.498 e. The van der Waals surface area contributed by atoms with Gasteiger partial charge in [0.25, 0.3) is 0 Å². The monoisotopic (exact) mass is 271 g/mol. The molecule has 0 saturated heterocycles. The molecule has 1 aliphatic heterocycles. The van der Waals surface area contributed by atoms with Crippen molar-refractivity contribution in [2.75, 3.05) is 18.5 Å². The topological polar surface area (TPSA) is 21.3 Å². The van der Waals surface area contributed by atoms with E-state index in [-0.39, 0.29) is 0 Å². The van der Waals surface area contributed by atoms with Crippen LogP contribution < -0.4 is 5.32 Å². The van der Waals surface area contributed by atoms with Crippen LogP contribution in [0.15, 0.2) is 29.5 Å². The van der Waals surface area contributed by atoms with E-state index < -0.39 is 0 Å². The van der Waals surface area contributed by atoms with Crippen molar-refractivity contribution in [3.05, 3.63) is 40.7 Å². The van der Waals surface area contributed by atoms with Gasteiger partial charge in [-0.25, -0.2) is 0 Å². The molecular formula is C18H25NO. The molecule has 0 bridgehead atoms. The molecule has 1 unspecified atom stereocenters. The second kappa shape index (κ2) is 4.83. The van der Waals surface area contributed by atoms with E-state index in [1.807, 2.05) is 0 Å². The van der Waals surface area contributed by atoms with Gasteiger partial charge in [0, 0.05) is 18.7 Å². The molecule has 0 spiro atoms. The van der Waals surface area contributed by atoms with Crippen LogP contribution in [0.5, 0.6) is 0 Å². The molecule has 20 heavy (non-hydrogen) atoms. The average molecular weight is 271 g/mol. The van der Waals surface area contributed by atoms with E-state index >= 15 is 0 Å². The minimum absolute atomic E-state index is 0.304. The largest absolute Gasteiger partial charge is 0.498 e. The van der Waals surface area contributed by atoms with Gasteiger partial charge in [-0.05, 0) is 47.4 Å². The van der Waals surface area contributed by atoms with Crippen LogP contribution in [-0.4, -0.2) is 13.2 Å². The van der Waals surface area contributed by atoms with E-state index in [2.05, 4.69) is 51.2 Å². The second-order valence-electron chi connectivity index (χ2n) is 6.87. The lowest BCUT2D eigenvalue weighted by Crippen LogP contribution is -2.12. The summed E-state index contributed by atoms with van der Waals surface area (Å²) in [7, 11) is 0. The number of ether oxygens (including phenoxy) is 1. The van der Waals surface area contributed by atoms with Crippen molar-refractivity contribution < 1.29 is 4.74 Å². The third-order valence-corrected chi connectivity index (χ3v) is 4.86. The van der Waals surface area contributed by atoms with Crippen molar-refractivity contribution in [2.45, 2.75) is 51.9 Å². The highest BCUT2D eigenvalue weighted by Gasteiger charge is 2.35. The van der Waals surface area contributed by atoms with Crippen molar-refractivity contribution in [1.29, 1.82) is 0 Å². The van der Waals surface area contributed by atoms with Crippen LogP contribution in [0.25, 0.3) is 0 Å². The van der Waals surface area contributed by atoms with Gasteiger partial charge in [-0.15, -0.1) is 0 Å². The lowest BCUT2D eigenvalue weighted by molar-refractivity contribution is 0.246. The smallest absolute Gasteiger partial charge is 0.0939 e. The summed E-state index contributed by atoms with van der Waals surface area (Å²) in [6, 6.07) is 6.71. The molecule has 1 N–H and O–H groups in total. The Morgan fingerprint density at radius 2 is 2.15 bits per heavy atom. The maximum atomic E-state index is 5.54. The van der Waals surface area contributed by atoms with E-state index in [9.17, 15) is 0 Å². The van der Waals surface area contributed by atoms with E-state index in [0.717, 1.165) is 25.3 Å². The van der Waals surface area contributed by atoms with Crippen LogP contribution in [0.3, 0.4) is 0 Å². The Labute approximate surface area is 122 Å². The second-order valence-corrected chi connectivity index (χ2v) is 6.87. The maximum absolute atomic E-state index is 5.54. The normalized spacial score (nSPS) is 23.7. The van der Waals surface area contributed by atoms with Crippen LogP contribution >= 0.6 is 0 Å². The van der Waals surface area contributed by atoms with Gasteiger partial charge in [0.15, 0.2) is 0 Å². The van der Waals surface area contributed by atoms with Crippen LogP contribution in [0, 0.1) is 0 Å². The summed E-state index contributed by atoms with van der Waals surface area (Å²) in [4.78, 5) is 0. The summed E-state index contributed by atoms with van der Waals surface area (Å²) >= 11 is 0. The van der Waals surface area contributed by atoms with E-state index in [4.69, 9.17) is 4.74 Å². The fourth-order valence-corrected chi connectivity index (χ4v) is 3.84. The number of hydrogen-bond acceptors (Lipinski definition) is 2. The van der Waals surface area contributed by atoms with Crippen LogP contribution in [0.4, 0.5) is 5.69 Å². The van der Waals surface area contributed by atoms with E-state index in [1.165, 1.54) is 28.8 Å². The molecular weight excluding hydrogens is 246 g/mol. The van der Waals surface area contributed by atoms with Gasteiger partial charge < -0.3 is 10.1 Å². The number of anilines is 1. The number of fused-ring (bicyclic) bond motifs is 1. The highest BCUT2D eigenvalue weighted by Crippen LogP contribution is 2.48. The molecule has 0 saturated carbocycles. The standard InChI is InChI=1S/C18H25NO/c1-12-10-18(3,4)15-6-5-7-16(17(12)15)19-11-14-8-9-20-13(14)2/h5-7,12,19H,8-11H2,1-4H3. The van der Waals surface area contributed by atoms with Gasteiger partial charge in [-0.3, -0.25) is 0 Å². The van der Waals surface area contributed by atoms with Crippen LogP contribution in [-0.2, 0) is 10.2 Å². The van der Waals surface area contributed by atoms with Gasteiger partial charge in [0.05, 0.1) is 12.4 Å². The molecule has 2 aliphatic rings. The molecule has 2 nitrogen and oxygen atoms in total. The van der Waals surface area contributed by atoms with Crippen molar-refractivity contribution in [2.24, 2.45) is 0 Å². The van der Waals surface area contributed by atoms with Gasteiger partial charge in [-0.1, -0.05) is 32.9 Å². The number of hydrogen-bond donors (Lipinski definition) is 1. The summed E-state index contributed by atoms with van der Waals surface area (Å²) in [6.45, 7) is 10.9. The van der Waals surface area contributed by atoms with Crippen LogP contribution in [0.1, 0.15) is 57.6 Å². The Morgan fingerprint density at radius 1 is 1.35 bits per heavy atom. The quantitative estimate of drug-likeness (QED) is 0.869. The third kappa shape index (κ3) is 2.21. The van der Waals surface area contributed by atoms with Gasteiger partial charge in [-0.2, -0.15) is 0 Å². The molecule has 1 atom stereocenters. The number of benzene rings is 1. The molecule has 0 fully saturated rings. The van der Waals surface area contributed by atoms with Crippen LogP contribution in [0.2, 0.25) is 0 Å².